The van der Waals surface area contributed by atoms with Crippen LogP contribution in [0.25, 0.3) is 10.9 Å². The first-order chi connectivity index (χ1) is 9.58. The molecule has 1 N–H and O–H groups in total. The Morgan fingerprint density at radius 3 is 2.60 bits per heavy atom. The zero-order valence-corrected chi connectivity index (χ0v) is 12.9. The number of fused-ring (bicyclic) bond motifs is 1. The Labute approximate surface area is 122 Å². The van der Waals surface area contributed by atoms with Crippen molar-refractivity contribution in [2.24, 2.45) is 5.92 Å². The molecule has 0 bridgehead atoms. The first-order valence-electron chi connectivity index (χ1n) is 7.28. The molecule has 0 aliphatic rings. The van der Waals surface area contributed by atoms with Crippen LogP contribution in [0.15, 0.2) is 36.5 Å². The average Bonchev–Trinajstić information content (AvgIpc) is 2.42. The third kappa shape index (κ3) is 3.78. The van der Waals surface area contributed by atoms with E-state index in [1.807, 2.05) is 12.3 Å². The van der Waals surface area contributed by atoms with Crippen LogP contribution in [-0.4, -0.2) is 36.6 Å². The molecule has 0 spiro atoms. The highest BCUT2D eigenvalue weighted by molar-refractivity contribution is 5.81. The predicted molar refractivity (Wildman–Crippen MR) is 85.8 cm³/mol. The smallest absolute Gasteiger partial charge is 0.0746 e. The Kier molecular flexibility index (Phi) is 5.10. The van der Waals surface area contributed by atoms with Crippen molar-refractivity contribution in [2.45, 2.75) is 26.4 Å². The summed E-state index contributed by atoms with van der Waals surface area (Å²) >= 11 is 0. The minimum atomic E-state index is 0.490. The van der Waals surface area contributed by atoms with Crippen LogP contribution >= 0.6 is 0 Å². The van der Waals surface area contributed by atoms with Crippen molar-refractivity contribution in [3.05, 3.63) is 42.1 Å². The molecule has 0 aliphatic carbocycles. The number of hydrogen-bond acceptors (Lipinski definition) is 3. The van der Waals surface area contributed by atoms with Crippen molar-refractivity contribution in [3.8, 4) is 0 Å². The molecule has 20 heavy (non-hydrogen) atoms. The number of pyridine rings is 1. The summed E-state index contributed by atoms with van der Waals surface area (Å²) in [7, 11) is 4.24. The maximum absolute atomic E-state index is 4.51. The number of benzene rings is 1. The summed E-state index contributed by atoms with van der Waals surface area (Å²) < 4.78 is 0. The van der Waals surface area contributed by atoms with Gasteiger partial charge in [-0.2, -0.15) is 0 Å². The topological polar surface area (TPSA) is 28.2 Å². The van der Waals surface area contributed by atoms with E-state index in [1.165, 1.54) is 10.9 Å². The summed E-state index contributed by atoms with van der Waals surface area (Å²) in [4.78, 5) is 6.75. The zero-order chi connectivity index (χ0) is 14.5. The second kappa shape index (κ2) is 6.82. The molecule has 0 radical (unpaired) electrons. The largest absolute Gasteiger partial charge is 0.308 e. The molecule has 3 nitrogen and oxygen atoms in total. The molecule has 1 atom stereocenters. The fraction of sp³-hybridized carbons (Fsp3) is 0.471. The average molecular weight is 271 g/mol. The quantitative estimate of drug-likeness (QED) is 0.875. The van der Waals surface area contributed by atoms with Crippen LogP contribution in [0.1, 0.15) is 19.4 Å². The van der Waals surface area contributed by atoms with Gasteiger partial charge in [0.05, 0.1) is 5.52 Å². The van der Waals surface area contributed by atoms with E-state index in [0.717, 1.165) is 18.6 Å². The zero-order valence-electron chi connectivity index (χ0n) is 12.9. The standard InChI is InChI=1S/C17H25N3/c1-13(2)16(12-20(3)4)19-11-15-8-5-7-14-9-6-10-18-17(14)15/h5-10,13,16,19H,11-12H2,1-4H3. The minimum absolute atomic E-state index is 0.490. The van der Waals surface area contributed by atoms with E-state index in [9.17, 15) is 0 Å². The van der Waals surface area contributed by atoms with Gasteiger partial charge in [0.15, 0.2) is 0 Å². The third-order valence-corrected chi connectivity index (χ3v) is 3.64. The van der Waals surface area contributed by atoms with Crippen molar-refractivity contribution in [1.29, 1.82) is 0 Å². The highest BCUT2D eigenvalue weighted by Gasteiger charge is 2.14. The number of hydrogen-bond donors (Lipinski definition) is 1. The van der Waals surface area contributed by atoms with Crippen molar-refractivity contribution >= 4 is 10.9 Å². The Morgan fingerprint density at radius 2 is 1.90 bits per heavy atom. The molecule has 2 rings (SSSR count). The SMILES string of the molecule is CC(C)C(CN(C)C)NCc1cccc2cccnc12. The van der Waals surface area contributed by atoms with Gasteiger partial charge in [0, 0.05) is 30.7 Å². The Morgan fingerprint density at radius 1 is 1.15 bits per heavy atom. The third-order valence-electron chi connectivity index (χ3n) is 3.64. The summed E-state index contributed by atoms with van der Waals surface area (Å²) in [6.07, 6.45) is 1.87. The van der Waals surface area contributed by atoms with E-state index in [0.29, 0.717) is 12.0 Å². The molecule has 1 aromatic heterocycles. The van der Waals surface area contributed by atoms with Gasteiger partial charge in [-0.05, 0) is 31.6 Å². The van der Waals surface area contributed by atoms with Crippen LogP contribution in [0.3, 0.4) is 0 Å². The van der Waals surface area contributed by atoms with Crippen LogP contribution in [0.5, 0.6) is 0 Å². The predicted octanol–water partition coefficient (Wildman–Crippen LogP) is 2.91. The normalized spacial score (nSPS) is 13.3. The van der Waals surface area contributed by atoms with Gasteiger partial charge in [0.2, 0.25) is 0 Å². The molecule has 3 heteroatoms. The summed E-state index contributed by atoms with van der Waals surface area (Å²) in [5.41, 5.74) is 2.38. The van der Waals surface area contributed by atoms with Crippen molar-refractivity contribution < 1.29 is 0 Å². The highest BCUT2D eigenvalue weighted by atomic mass is 15.1. The molecule has 0 saturated carbocycles. The van der Waals surface area contributed by atoms with Gasteiger partial charge in [0.1, 0.15) is 0 Å². The Balaban J connectivity index is 2.11. The fourth-order valence-corrected chi connectivity index (χ4v) is 2.46. The molecule has 1 aromatic carbocycles. The molecule has 1 heterocycles. The number of likely N-dealkylation sites (N-methyl/N-ethyl adjacent to an activating group) is 1. The lowest BCUT2D eigenvalue weighted by Crippen LogP contribution is -2.41. The molecule has 1 unspecified atom stereocenters. The molecule has 0 aliphatic heterocycles. The maximum Gasteiger partial charge on any atom is 0.0746 e. The van der Waals surface area contributed by atoms with Crippen LogP contribution in [0.2, 0.25) is 0 Å². The molecule has 108 valence electrons. The van der Waals surface area contributed by atoms with Gasteiger partial charge in [-0.15, -0.1) is 0 Å². The Hall–Kier alpha value is -1.45. The molecule has 2 aromatic rings. The highest BCUT2D eigenvalue weighted by Crippen LogP contribution is 2.16. The molecule has 0 fully saturated rings. The van der Waals surface area contributed by atoms with Gasteiger partial charge in [-0.25, -0.2) is 0 Å². The monoisotopic (exact) mass is 271 g/mol. The van der Waals surface area contributed by atoms with Crippen molar-refractivity contribution in [2.75, 3.05) is 20.6 Å². The lowest BCUT2D eigenvalue weighted by molar-refractivity contribution is 0.288. The first-order valence-corrected chi connectivity index (χ1v) is 7.28. The second-order valence-electron chi connectivity index (χ2n) is 5.99. The molecule has 0 amide bonds. The summed E-state index contributed by atoms with van der Waals surface area (Å²) in [6, 6.07) is 11.0. The van der Waals surface area contributed by atoms with Gasteiger partial charge in [-0.3, -0.25) is 4.98 Å². The van der Waals surface area contributed by atoms with Crippen LogP contribution in [0.4, 0.5) is 0 Å². The number of aromatic nitrogens is 1. The first kappa shape index (κ1) is 14.9. The molecular weight excluding hydrogens is 246 g/mol. The fourth-order valence-electron chi connectivity index (χ4n) is 2.46. The molecular formula is C17H25N3. The lowest BCUT2D eigenvalue weighted by Gasteiger charge is -2.26. The van der Waals surface area contributed by atoms with E-state index < -0.39 is 0 Å². The Bertz CT molecular complexity index is 543. The van der Waals surface area contributed by atoms with E-state index in [4.69, 9.17) is 0 Å². The van der Waals surface area contributed by atoms with Crippen LogP contribution in [0, 0.1) is 5.92 Å². The van der Waals surface area contributed by atoms with E-state index in [1.54, 1.807) is 0 Å². The minimum Gasteiger partial charge on any atom is -0.308 e. The van der Waals surface area contributed by atoms with Gasteiger partial charge < -0.3 is 10.2 Å². The summed E-state index contributed by atoms with van der Waals surface area (Å²) in [5.74, 6) is 0.611. The molecule has 0 saturated heterocycles. The van der Waals surface area contributed by atoms with Crippen molar-refractivity contribution in [3.63, 3.8) is 0 Å². The van der Waals surface area contributed by atoms with E-state index >= 15 is 0 Å². The summed E-state index contributed by atoms with van der Waals surface area (Å²) in [5, 5.41) is 4.89. The van der Waals surface area contributed by atoms with Gasteiger partial charge in [-0.1, -0.05) is 38.1 Å². The van der Waals surface area contributed by atoms with Crippen molar-refractivity contribution in [1.82, 2.24) is 15.2 Å². The van der Waals surface area contributed by atoms with Crippen LogP contribution in [-0.2, 0) is 6.54 Å². The van der Waals surface area contributed by atoms with E-state index in [2.05, 4.69) is 67.4 Å². The second-order valence-corrected chi connectivity index (χ2v) is 5.99. The van der Waals surface area contributed by atoms with Gasteiger partial charge >= 0.3 is 0 Å². The maximum atomic E-state index is 4.51. The number of rotatable bonds is 6. The number of para-hydroxylation sites is 1. The lowest BCUT2D eigenvalue weighted by atomic mass is 10.0. The number of nitrogens with zero attached hydrogens (tertiary/aromatic N) is 2. The van der Waals surface area contributed by atoms with Crippen LogP contribution < -0.4 is 5.32 Å². The summed E-state index contributed by atoms with van der Waals surface area (Å²) in [6.45, 7) is 6.45. The van der Waals surface area contributed by atoms with E-state index in [-0.39, 0.29) is 0 Å². The number of nitrogens with one attached hydrogen (secondary N) is 1. The van der Waals surface area contributed by atoms with Gasteiger partial charge in [0.25, 0.3) is 0 Å².